The molecule has 146 valence electrons. The van der Waals surface area contributed by atoms with Crippen molar-refractivity contribution in [3.63, 3.8) is 0 Å². The summed E-state index contributed by atoms with van der Waals surface area (Å²) < 4.78 is 0. The van der Waals surface area contributed by atoms with Crippen LogP contribution in [0, 0.1) is 11.8 Å². The molecule has 0 radical (unpaired) electrons. The van der Waals surface area contributed by atoms with E-state index in [0.717, 1.165) is 64.2 Å². The third kappa shape index (κ3) is 9.39. The van der Waals surface area contributed by atoms with Crippen LogP contribution in [0.25, 0.3) is 0 Å². The Labute approximate surface area is 153 Å². The number of rotatable bonds is 14. The fourth-order valence-electron chi connectivity index (χ4n) is 4.09. The number of aliphatic hydroxyl groups is 1. The predicted octanol–water partition coefficient (Wildman–Crippen LogP) is 5.12. The zero-order chi connectivity index (χ0) is 18.7. The van der Waals surface area contributed by atoms with Crippen LogP contribution in [0.3, 0.4) is 0 Å². The fourth-order valence-corrected chi connectivity index (χ4v) is 4.09. The number of carbonyl (C=O) groups is 2. The Hall–Kier alpha value is -0.900. The standard InChI is InChI=1S/C21H38O4/c1-3-4-9-15-21(2,25)16-14-17-12-13-19(22)18(17)10-7-5-6-8-11-20(23)24/h17-18,25H,3-16H2,1-2H3,(H,23,24)/t17-,18+,21+/m0/s1. The largest absolute Gasteiger partial charge is 0.481 e. The Bertz CT molecular complexity index is 403. The second-order valence-electron chi connectivity index (χ2n) is 8.21. The smallest absolute Gasteiger partial charge is 0.303 e. The second kappa shape index (κ2) is 11.7. The Morgan fingerprint density at radius 3 is 2.48 bits per heavy atom. The Kier molecular flexibility index (Phi) is 10.3. The van der Waals surface area contributed by atoms with Crippen LogP contribution in [-0.2, 0) is 9.59 Å². The fraction of sp³-hybridized carbons (Fsp3) is 0.905. The topological polar surface area (TPSA) is 74.6 Å². The zero-order valence-corrected chi connectivity index (χ0v) is 16.3. The first-order chi connectivity index (χ1) is 11.9. The van der Waals surface area contributed by atoms with Gasteiger partial charge >= 0.3 is 5.97 Å². The SMILES string of the molecule is CCCCC[C@@](C)(O)CC[C@@H]1CCC(=O)[C@@H]1CCCCCCC(=O)O. The van der Waals surface area contributed by atoms with E-state index >= 15 is 0 Å². The van der Waals surface area contributed by atoms with Crippen molar-refractivity contribution in [2.24, 2.45) is 11.8 Å². The molecule has 0 heterocycles. The highest BCUT2D eigenvalue weighted by atomic mass is 16.4. The average molecular weight is 355 g/mol. The molecule has 1 aliphatic carbocycles. The summed E-state index contributed by atoms with van der Waals surface area (Å²) in [6.45, 7) is 4.11. The van der Waals surface area contributed by atoms with E-state index in [1.165, 1.54) is 12.8 Å². The van der Waals surface area contributed by atoms with Gasteiger partial charge in [0.2, 0.25) is 0 Å². The van der Waals surface area contributed by atoms with Crippen molar-refractivity contribution in [2.45, 2.75) is 109 Å². The molecule has 0 bridgehead atoms. The summed E-state index contributed by atoms with van der Waals surface area (Å²) in [5, 5.41) is 19.2. The minimum atomic E-state index is -0.725. The van der Waals surface area contributed by atoms with E-state index in [4.69, 9.17) is 5.11 Å². The van der Waals surface area contributed by atoms with Gasteiger partial charge in [-0.05, 0) is 51.4 Å². The number of carbonyl (C=O) groups excluding carboxylic acids is 1. The molecule has 0 spiro atoms. The van der Waals surface area contributed by atoms with Crippen molar-refractivity contribution < 1.29 is 19.8 Å². The van der Waals surface area contributed by atoms with Gasteiger partial charge < -0.3 is 10.2 Å². The molecule has 0 aromatic heterocycles. The van der Waals surface area contributed by atoms with Crippen molar-refractivity contribution in [3.8, 4) is 0 Å². The average Bonchev–Trinajstić information content (AvgIpc) is 2.89. The molecule has 0 aromatic rings. The molecule has 0 amide bonds. The molecule has 1 saturated carbocycles. The lowest BCUT2D eigenvalue weighted by molar-refractivity contribution is -0.137. The number of hydrogen-bond donors (Lipinski definition) is 2. The molecule has 2 N–H and O–H groups in total. The van der Waals surface area contributed by atoms with E-state index in [1.54, 1.807) is 0 Å². The van der Waals surface area contributed by atoms with Crippen molar-refractivity contribution in [1.29, 1.82) is 0 Å². The molecule has 3 atom stereocenters. The third-order valence-corrected chi connectivity index (χ3v) is 5.77. The van der Waals surface area contributed by atoms with E-state index in [9.17, 15) is 14.7 Å². The van der Waals surface area contributed by atoms with Gasteiger partial charge in [-0.2, -0.15) is 0 Å². The normalized spacial score (nSPS) is 22.9. The number of hydrogen-bond acceptors (Lipinski definition) is 3. The lowest BCUT2D eigenvalue weighted by Gasteiger charge is -2.26. The Balaban J connectivity index is 2.28. The zero-order valence-electron chi connectivity index (χ0n) is 16.3. The molecule has 1 aliphatic rings. The highest BCUT2D eigenvalue weighted by molar-refractivity contribution is 5.83. The molecule has 4 nitrogen and oxygen atoms in total. The van der Waals surface area contributed by atoms with Crippen molar-refractivity contribution >= 4 is 11.8 Å². The molecule has 0 aliphatic heterocycles. The molecule has 25 heavy (non-hydrogen) atoms. The van der Waals surface area contributed by atoms with Crippen LogP contribution < -0.4 is 0 Å². The van der Waals surface area contributed by atoms with Crippen molar-refractivity contribution in [3.05, 3.63) is 0 Å². The molecule has 1 fully saturated rings. The van der Waals surface area contributed by atoms with E-state index in [2.05, 4.69) is 6.92 Å². The van der Waals surface area contributed by atoms with Crippen LogP contribution >= 0.6 is 0 Å². The van der Waals surface area contributed by atoms with Crippen LogP contribution in [0.4, 0.5) is 0 Å². The van der Waals surface area contributed by atoms with Gasteiger partial charge in [0.1, 0.15) is 5.78 Å². The monoisotopic (exact) mass is 354 g/mol. The molecule has 0 unspecified atom stereocenters. The Morgan fingerprint density at radius 2 is 1.80 bits per heavy atom. The predicted molar refractivity (Wildman–Crippen MR) is 101 cm³/mol. The van der Waals surface area contributed by atoms with Gasteiger partial charge in [-0.15, -0.1) is 0 Å². The Morgan fingerprint density at radius 1 is 1.08 bits per heavy atom. The summed E-state index contributed by atoms with van der Waals surface area (Å²) >= 11 is 0. The van der Waals surface area contributed by atoms with E-state index in [-0.39, 0.29) is 12.3 Å². The lowest BCUT2D eigenvalue weighted by atomic mass is 9.83. The molecule has 0 saturated heterocycles. The van der Waals surface area contributed by atoms with Gasteiger partial charge in [-0.25, -0.2) is 0 Å². The minimum absolute atomic E-state index is 0.172. The minimum Gasteiger partial charge on any atom is -0.481 e. The van der Waals surface area contributed by atoms with Gasteiger partial charge in [0.05, 0.1) is 5.60 Å². The van der Waals surface area contributed by atoms with Gasteiger partial charge in [-0.3, -0.25) is 9.59 Å². The number of Topliss-reactive ketones (excluding diaryl/α,β-unsaturated/α-hetero) is 1. The van der Waals surface area contributed by atoms with Crippen LogP contribution in [0.5, 0.6) is 0 Å². The third-order valence-electron chi connectivity index (χ3n) is 5.77. The second-order valence-corrected chi connectivity index (χ2v) is 8.21. The van der Waals surface area contributed by atoms with E-state index < -0.39 is 11.6 Å². The molecule has 0 aromatic carbocycles. The number of aliphatic carboxylic acids is 1. The number of ketones is 1. The van der Waals surface area contributed by atoms with Crippen molar-refractivity contribution in [2.75, 3.05) is 0 Å². The summed E-state index contributed by atoms with van der Waals surface area (Å²) in [4.78, 5) is 22.7. The van der Waals surface area contributed by atoms with E-state index in [0.29, 0.717) is 18.1 Å². The maximum Gasteiger partial charge on any atom is 0.303 e. The summed E-state index contributed by atoms with van der Waals surface area (Å²) in [6, 6.07) is 0. The summed E-state index contributed by atoms with van der Waals surface area (Å²) in [6.07, 6.45) is 12.6. The van der Waals surface area contributed by atoms with Gasteiger partial charge in [0.25, 0.3) is 0 Å². The van der Waals surface area contributed by atoms with Crippen LogP contribution in [0.15, 0.2) is 0 Å². The van der Waals surface area contributed by atoms with Crippen LogP contribution in [-0.4, -0.2) is 27.6 Å². The molecule has 1 rings (SSSR count). The first-order valence-electron chi connectivity index (χ1n) is 10.3. The van der Waals surface area contributed by atoms with Crippen LogP contribution in [0.1, 0.15) is 104 Å². The molecule has 4 heteroatoms. The maximum absolute atomic E-state index is 12.2. The summed E-state index contributed by atoms with van der Waals surface area (Å²) in [5.74, 6) is 0.285. The first-order valence-corrected chi connectivity index (χ1v) is 10.3. The highest BCUT2D eigenvalue weighted by Crippen LogP contribution is 2.37. The number of unbranched alkanes of at least 4 members (excludes halogenated alkanes) is 5. The lowest BCUT2D eigenvalue weighted by Crippen LogP contribution is -2.26. The molecular weight excluding hydrogens is 316 g/mol. The highest BCUT2D eigenvalue weighted by Gasteiger charge is 2.35. The quantitative estimate of drug-likeness (QED) is 0.425. The van der Waals surface area contributed by atoms with Crippen LogP contribution in [0.2, 0.25) is 0 Å². The van der Waals surface area contributed by atoms with Gasteiger partial charge in [0, 0.05) is 18.8 Å². The van der Waals surface area contributed by atoms with Gasteiger partial charge in [-0.1, -0.05) is 45.4 Å². The van der Waals surface area contributed by atoms with Crippen molar-refractivity contribution in [1.82, 2.24) is 0 Å². The first kappa shape index (κ1) is 22.1. The van der Waals surface area contributed by atoms with E-state index in [1.807, 2.05) is 6.92 Å². The summed E-state index contributed by atoms with van der Waals surface area (Å²) in [7, 11) is 0. The number of carboxylic acid groups (broad SMARTS) is 1. The number of carboxylic acids is 1. The molecular formula is C21H38O4. The summed E-state index contributed by atoms with van der Waals surface area (Å²) in [5.41, 5.74) is -0.595. The maximum atomic E-state index is 12.2. The van der Waals surface area contributed by atoms with Gasteiger partial charge in [0.15, 0.2) is 0 Å².